The van der Waals surface area contributed by atoms with Crippen LogP contribution in [0.5, 0.6) is 0 Å². The lowest BCUT2D eigenvalue weighted by Gasteiger charge is -2.22. The first-order valence-corrected chi connectivity index (χ1v) is 11.3. The van der Waals surface area contributed by atoms with Crippen LogP contribution in [0, 0.1) is 5.92 Å². The molecule has 0 aliphatic rings. The first-order valence-electron chi connectivity index (χ1n) is 9.61. The monoisotopic (exact) mass is 372 g/mol. The Hall–Kier alpha value is -0.670. The summed E-state index contributed by atoms with van der Waals surface area (Å²) in [6.07, 6.45) is 22.8. The number of aliphatic hydroxyl groups excluding tert-OH is 1. The Morgan fingerprint density at radius 1 is 0.840 bits per heavy atom. The fraction of sp³-hybridized carbons (Fsp3) is 0.700. The van der Waals surface area contributed by atoms with Gasteiger partial charge in [-0.05, 0) is 44.4 Å². The van der Waals surface area contributed by atoms with Gasteiger partial charge in [0.1, 0.15) is 0 Å². The van der Waals surface area contributed by atoms with Crippen molar-refractivity contribution in [3.63, 3.8) is 0 Å². The van der Waals surface area contributed by atoms with Crippen LogP contribution in [0.1, 0.15) is 78.1 Å². The molecule has 0 spiro atoms. The molecule has 146 valence electrons. The van der Waals surface area contributed by atoms with E-state index in [0.717, 1.165) is 51.4 Å². The van der Waals surface area contributed by atoms with Gasteiger partial charge in [0.05, 0.1) is 0 Å². The molecule has 0 fully saturated rings. The first kappa shape index (κ1) is 24.3. The second-order valence-electron chi connectivity index (χ2n) is 6.46. The van der Waals surface area contributed by atoms with Crippen LogP contribution >= 0.6 is 7.60 Å². The molecule has 0 aromatic heterocycles. The van der Waals surface area contributed by atoms with E-state index in [1.54, 1.807) is 0 Å². The van der Waals surface area contributed by atoms with Crippen LogP contribution in [0.25, 0.3) is 0 Å². The maximum Gasteiger partial charge on any atom is 0.354 e. The van der Waals surface area contributed by atoms with Gasteiger partial charge in [-0.25, -0.2) is 0 Å². The molecule has 0 aromatic carbocycles. The van der Waals surface area contributed by atoms with E-state index in [4.69, 9.17) is 9.79 Å². The summed E-state index contributed by atoms with van der Waals surface area (Å²) in [5.74, 6) is -1.81. The van der Waals surface area contributed by atoms with Gasteiger partial charge >= 0.3 is 7.60 Å². The van der Waals surface area contributed by atoms with Gasteiger partial charge in [-0.1, -0.05) is 76.0 Å². The summed E-state index contributed by atoms with van der Waals surface area (Å²) in [6.45, 7) is 4.00. The molecule has 0 saturated heterocycles. The maximum atomic E-state index is 11.1. The third kappa shape index (κ3) is 14.2. The molecular formula is C20H37O4P. The minimum atomic E-state index is -4.38. The highest BCUT2D eigenvalue weighted by Gasteiger charge is 2.32. The summed E-state index contributed by atoms with van der Waals surface area (Å²) in [5.41, 5.74) is 0. The molecule has 0 amide bonds. The number of rotatable bonds is 15. The van der Waals surface area contributed by atoms with Gasteiger partial charge in [-0.15, -0.1) is 0 Å². The molecule has 0 heterocycles. The van der Waals surface area contributed by atoms with E-state index in [0.29, 0.717) is 12.8 Å². The van der Waals surface area contributed by atoms with Crippen molar-refractivity contribution in [3.8, 4) is 0 Å². The van der Waals surface area contributed by atoms with Crippen molar-refractivity contribution in [1.82, 2.24) is 0 Å². The highest BCUT2D eigenvalue weighted by Crippen LogP contribution is 2.45. The van der Waals surface area contributed by atoms with Gasteiger partial charge in [-0.2, -0.15) is 0 Å². The van der Waals surface area contributed by atoms with Gasteiger partial charge in [0, 0.05) is 0 Å². The number of hydrogen-bond acceptors (Lipinski definition) is 2. The average Bonchev–Trinajstić information content (AvgIpc) is 2.57. The molecule has 0 rings (SSSR count). The molecule has 0 aromatic rings. The van der Waals surface area contributed by atoms with Gasteiger partial charge in [0.25, 0.3) is 0 Å². The largest absolute Gasteiger partial charge is 0.380 e. The topological polar surface area (TPSA) is 77.8 Å². The predicted molar refractivity (Wildman–Crippen MR) is 106 cm³/mol. The van der Waals surface area contributed by atoms with E-state index >= 15 is 0 Å². The molecule has 0 radical (unpaired) electrons. The van der Waals surface area contributed by atoms with Crippen LogP contribution in [0.3, 0.4) is 0 Å². The van der Waals surface area contributed by atoms with E-state index in [9.17, 15) is 9.67 Å². The van der Waals surface area contributed by atoms with Crippen molar-refractivity contribution >= 4 is 7.60 Å². The second kappa shape index (κ2) is 15.6. The Morgan fingerprint density at radius 2 is 1.40 bits per heavy atom. The van der Waals surface area contributed by atoms with Gasteiger partial charge in [-0.3, -0.25) is 4.57 Å². The first-order chi connectivity index (χ1) is 11.9. The molecule has 3 N–H and O–H groups in total. The highest BCUT2D eigenvalue weighted by molar-refractivity contribution is 7.52. The number of hydrogen-bond donors (Lipinski definition) is 3. The fourth-order valence-electron chi connectivity index (χ4n) is 2.69. The molecule has 0 bridgehead atoms. The molecule has 0 saturated carbocycles. The van der Waals surface area contributed by atoms with E-state index in [1.807, 2.05) is 6.92 Å². The Balaban J connectivity index is 3.64. The third-order valence-electron chi connectivity index (χ3n) is 4.27. The zero-order chi connectivity index (χ0) is 19.0. The lowest BCUT2D eigenvalue weighted by Crippen LogP contribution is -2.19. The van der Waals surface area contributed by atoms with Crippen LogP contribution in [-0.4, -0.2) is 20.7 Å². The minimum Gasteiger partial charge on any atom is -0.380 e. The van der Waals surface area contributed by atoms with E-state index in [2.05, 4.69) is 43.4 Å². The Kier molecular flexibility index (Phi) is 15.2. The molecule has 4 nitrogen and oxygen atoms in total. The molecule has 2 atom stereocenters. The highest BCUT2D eigenvalue weighted by atomic mass is 31.2. The zero-order valence-electron chi connectivity index (χ0n) is 15.9. The Labute approximate surface area is 153 Å². The van der Waals surface area contributed by atoms with Crippen molar-refractivity contribution in [2.45, 2.75) is 83.9 Å². The van der Waals surface area contributed by atoms with E-state index < -0.39 is 13.4 Å². The smallest absolute Gasteiger partial charge is 0.354 e. The number of unbranched alkanes of at least 4 members (excludes halogenated alkanes) is 4. The summed E-state index contributed by atoms with van der Waals surface area (Å²) < 4.78 is 11.1. The van der Waals surface area contributed by atoms with Crippen molar-refractivity contribution < 1.29 is 19.5 Å². The van der Waals surface area contributed by atoms with E-state index in [1.165, 1.54) is 0 Å². The molecule has 0 aliphatic carbocycles. The van der Waals surface area contributed by atoms with Gasteiger partial charge < -0.3 is 14.9 Å². The molecular weight excluding hydrogens is 335 g/mol. The summed E-state index contributed by atoms with van der Waals surface area (Å²) in [5, 5.41) is 9.67. The third-order valence-corrected chi connectivity index (χ3v) is 5.38. The van der Waals surface area contributed by atoms with Crippen molar-refractivity contribution in [1.29, 1.82) is 0 Å². The van der Waals surface area contributed by atoms with E-state index in [-0.39, 0.29) is 5.92 Å². The summed E-state index contributed by atoms with van der Waals surface area (Å²) in [6, 6.07) is 0. The quantitative estimate of drug-likeness (QED) is 0.195. The van der Waals surface area contributed by atoms with Crippen molar-refractivity contribution in [3.05, 3.63) is 36.5 Å². The normalized spacial score (nSPS) is 15.6. The van der Waals surface area contributed by atoms with Crippen LogP contribution in [0.4, 0.5) is 0 Å². The Morgan fingerprint density at radius 3 is 1.96 bits per heavy atom. The van der Waals surface area contributed by atoms with Gasteiger partial charge in [0.2, 0.25) is 0 Å². The zero-order valence-corrected chi connectivity index (χ0v) is 16.8. The summed E-state index contributed by atoms with van der Waals surface area (Å²) in [7, 11) is -4.38. The van der Waals surface area contributed by atoms with Crippen LogP contribution in [-0.2, 0) is 4.57 Å². The molecule has 0 aliphatic heterocycles. The van der Waals surface area contributed by atoms with Gasteiger partial charge in [0.15, 0.2) is 5.85 Å². The molecule has 2 unspecified atom stereocenters. The standard InChI is InChI=1S/C20H37O4P/c1-3-5-6-7-8-9-10-11-12-13-14-15-16-17-18-19(4-2)20(21)25(22,23)24/h5-6,8-9,11-12,19-21H,3-4,7,10,13-18H2,1-2H3,(H2,22,23,24)/b6-5+,9-8+,12-11+. The summed E-state index contributed by atoms with van der Waals surface area (Å²) in [4.78, 5) is 18.1. The van der Waals surface area contributed by atoms with Crippen LogP contribution < -0.4 is 0 Å². The lowest BCUT2D eigenvalue weighted by atomic mass is 9.98. The average molecular weight is 372 g/mol. The minimum absolute atomic E-state index is 0.306. The van der Waals surface area contributed by atoms with Crippen LogP contribution in [0.15, 0.2) is 36.5 Å². The maximum absolute atomic E-state index is 11.1. The van der Waals surface area contributed by atoms with Crippen molar-refractivity contribution in [2.24, 2.45) is 5.92 Å². The lowest BCUT2D eigenvalue weighted by molar-refractivity contribution is 0.135. The summed E-state index contributed by atoms with van der Waals surface area (Å²) >= 11 is 0. The number of allylic oxidation sites excluding steroid dienone is 6. The predicted octanol–water partition coefficient (Wildman–Crippen LogP) is 5.71. The SMILES string of the molecule is CC/C=C/C/C=C/C/C=C/CCCCCCC(CC)C(O)P(=O)(O)O. The fourth-order valence-corrected chi connectivity index (χ4v) is 3.60. The second-order valence-corrected chi connectivity index (χ2v) is 8.16. The van der Waals surface area contributed by atoms with Crippen LogP contribution in [0.2, 0.25) is 0 Å². The molecule has 5 heteroatoms. The number of aliphatic hydroxyl groups is 1. The molecule has 25 heavy (non-hydrogen) atoms. The Bertz CT molecular complexity index is 437. The van der Waals surface area contributed by atoms with Crippen molar-refractivity contribution in [2.75, 3.05) is 0 Å².